The lowest BCUT2D eigenvalue weighted by Gasteiger charge is -2.35. The van der Waals surface area contributed by atoms with Crippen molar-refractivity contribution in [1.82, 2.24) is 9.80 Å². The number of carbonyl (C=O) groups excluding carboxylic acids is 1. The third kappa shape index (κ3) is 9.81. The van der Waals surface area contributed by atoms with E-state index < -0.39 is 6.09 Å². The maximum absolute atomic E-state index is 12.2. The number of amides is 1. The molecule has 1 fully saturated rings. The lowest BCUT2D eigenvalue weighted by atomic mass is 10.2. The lowest BCUT2D eigenvalue weighted by Crippen LogP contribution is -2.48. The number of piperazine rings is 1. The van der Waals surface area contributed by atoms with Crippen molar-refractivity contribution >= 4 is 11.8 Å². The normalized spacial score (nSPS) is 15.3. The lowest BCUT2D eigenvalue weighted by molar-refractivity contribution is 0.0952. The smallest absolute Gasteiger partial charge is 0.411 e. The molecule has 170 valence electrons. The van der Waals surface area contributed by atoms with Gasteiger partial charge in [0.05, 0.1) is 12.3 Å². The predicted molar refractivity (Wildman–Crippen MR) is 123 cm³/mol. The van der Waals surface area contributed by atoms with Crippen LogP contribution in [0.25, 0.3) is 0 Å². The highest BCUT2D eigenvalue weighted by molar-refractivity contribution is 5.86. The third-order valence-corrected chi connectivity index (χ3v) is 5.36. The van der Waals surface area contributed by atoms with Crippen molar-refractivity contribution < 1.29 is 14.3 Å². The molecule has 1 aromatic rings. The average Bonchev–Trinajstić information content (AvgIpc) is 2.72. The monoisotopic (exact) mass is 419 g/mol. The highest BCUT2D eigenvalue weighted by Crippen LogP contribution is 2.24. The average molecular weight is 420 g/mol. The van der Waals surface area contributed by atoms with Crippen LogP contribution < -0.4 is 10.1 Å². The molecule has 6 heteroatoms. The van der Waals surface area contributed by atoms with Crippen molar-refractivity contribution in [3.63, 3.8) is 0 Å². The first-order valence-corrected chi connectivity index (χ1v) is 11.7. The molecule has 0 bridgehead atoms. The topological polar surface area (TPSA) is 54.0 Å². The summed E-state index contributed by atoms with van der Waals surface area (Å²) in [7, 11) is 0. The number of hydrogen-bond acceptors (Lipinski definition) is 5. The van der Waals surface area contributed by atoms with Crippen LogP contribution in [0, 0.1) is 5.92 Å². The van der Waals surface area contributed by atoms with Gasteiger partial charge in [-0.2, -0.15) is 0 Å². The number of anilines is 1. The Morgan fingerprint density at radius 1 is 1.00 bits per heavy atom. The zero-order valence-corrected chi connectivity index (χ0v) is 19.2. The van der Waals surface area contributed by atoms with Gasteiger partial charge in [-0.3, -0.25) is 10.2 Å². The third-order valence-electron chi connectivity index (χ3n) is 5.36. The van der Waals surface area contributed by atoms with Gasteiger partial charge in [-0.25, -0.2) is 4.79 Å². The molecule has 1 saturated heterocycles. The molecule has 1 heterocycles. The minimum Gasteiger partial charge on any atom is -0.491 e. The first-order valence-electron chi connectivity index (χ1n) is 11.7. The Morgan fingerprint density at radius 3 is 2.43 bits per heavy atom. The van der Waals surface area contributed by atoms with Crippen LogP contribution in [0.15, 0.2) is 24.3 Å². The van der Waals surface area contributed by atoms with Gasteiger partial charge in [0.2, 0.25) is 0 Å². The Kier molecular flexibility index (Phi) is 11.6. The Bertz CT molecular complexity index is 601. The van der Waals surface area contributed by atoms with Crippen LogP contribution in [0.4, 0.5) is 10.5 Å². The molecule has 6 nitrogen and oxygen atoms in total. The summed E-state index contributed by atoms with van der Waals surface area (Å²) in [6.07, 6.45) is 5.55. The molecule has 2 rings (SSSR count). The number of hydrogen-bond donors (Lipinski definition) is 1. The zero-order valence-electron chi connectivity index (χ0n) is 19.2. The summed E-state index contributed by atoms with van der Waals surface area (Å²) in [5, 5.41) is 2.83. The van der Waals surface area contributed by atoms with Gasteiger partial charge >= 0.3 is 6.09 Å². The Labute approximate surface area is 182 Å². The molecule has 0 saturated carbocycles. The summed E-state index contributed by atoms with van der Waals surface area (Å²) in [6.45, 7) is 14.0. The molecule has 0 spiro atoms. The van der Waals surface area contributed by atoms with E-state index in [2.05, 4.69) is 35.9 Å². The van der Waals surface area contributed by atoms with Gasteiger partial charge in [0.25, 0.3) is 0 Å². The maximum atomic E-state index is 12.2. The van der Waals surface area contributed by atoms with Gasteiger partial charge in [0.1, 0.15) is 12.4 Å². The highest BCUT2D eigenvalue weighted by atomic mass is 16.5. The van der Waals surface area contributed by atoms with Gasteiger partial charge in [0, 0.05) is 39.3 Å². The standard InChI is InChI=1S/C24H41N3O3/c1-4-5-6-7-10-18-29-23-12-9-8-11-22(23)25-24(28)30-19-17-26-13-15-27(16-14-26)20-21(2)3/h8-9,11-12,21H,4-7,10,13-20H2,1-3H3,(H,25,28). The van der Waals surface area contributed by atoms with Crippen LogP contribution in [0.3, 0.4) is 0 Å². The first kappa shape index (κ1) is 24.5. The molecule has 0 unspecified atom stereocenters. The Morgan fingerprint density at radius 2 is 1.70 bits per heavy atom. The Balaban J connectivity index is 1.64. The van der Waals surface area contributed by atoms with Crippen molar-refractivity contribution in [3.8, 4) is 5.75 Å². The fourth-order valence-electron chi connectivity index (χ4n) is 3.71. The summed E-state index contributed by atoms with van der Waals surface area (Å²) < 4.78 is 11.3. The summed E-state index contributed by atoms with van der Waals surface area (Å²) in [5.74, 6) is 1.41. The van der Waals surface area contributed by atoms with Crippen molar-refractivity contribution in [2.75, 3.05) is 57.8 Å². The molecule has 1 amide bonds. The molecule has 0 radical (unpaired) electrons. The largest absolute Gasteiger partial charge is 0.491 e. The summed E-state index contributed by atoms with van der Waals surface area (Å²) >= 11 is 0. The molecule has 1 aliphatic heterocycles. The van der Waals surface area contributed by atoms with Gasteiger partial charge in [-0.05, 0) is 24.5 Å². The quantitative estimate of drug-likeness (QED) is 0.463. The summed E-state index contributed by atoms with van der Waals surface area (Å²) in [5.41, 5.74) is 0.665. The van der Waals surface area contributed by atoms with Crippen molar-refractivity contribution in [2.45, 2.75) is 52.9 Å². The van der Waals surface area contributed by atoms with Crippen LogP contribution in [-0.4, -0.2) is 68.4 Å². The molecule has 1 N–H and O–H groups in total. The number of carbonyl (C=O) groups is 1. The van der Waals surface area contributed by atoms with Crippen molar-refractivity contribution in [1.29, 1.82) is 0 Å². The number of ether oxygens (including phenoxy) is 2. The highest BCUT2D eigenvalue weighted by Gasteiger charge is 2.17. The number of unbranched alkanes of at least 4 members (excludes halogenated alkanes) is 4. The molecule has 0 aliphatic carbocycles. The van der Waals surface area contributed by atoms with E-state index in [9.17, 15) is 4.79 Å². The van der Waals surface area contributed by atoms with E-state index in [0.29, 0.717) is 30.6 Å². The number of nitrogens with zero attached hydrogens (tertiary/aromatic N) is 2. The van der Waals surface area contributed by atoms with E-state index >= 15 is 0 Å². The number of para-hydroxylation sites is 2. The molecule has 0 atom stereocenters. The van der Waals surface area contributed by atoms with Crippen LogP contribution in [-0.2, 0) is 4.74 Å². The summed E-state index contributed by atoms with van der Waals surface area (Å²) in [6, 6.07) is 7.54. The summed E-state index contributed by atoms with van der Waals surface area (Å²) in [4.78, 5) is 17.1. The van der Waals surface area contributed by atoms with E-state index in [0.717, 1.165) is 45.7 Å². The molecule has 0 aromatic heterocycles. The SMILES string of the molecule is CCCCCCCOc1ccccc1NC(=O)OCCN1CCN(CC(C)C)CC1. The maximum Gasteiger partial charge on any atom is 0.411 e. The van der Waals surface area contributed by atoms with Crippen molar-refractivity contribution in [3.05, 3.63) is 24.3 Å². The number of benzene rings is 1. The van der Waals surface area contributed by atoms with Crippen molar-refractivity contribution in [2.24, 2.45) is 5.92 Å². The predicted octanol–water partition coefficient (Wildman–Crippen LogP) is 4.86. The van der Waals surface area contributed by atoms with E-state index in [1.165, 1.54) is 25.7 Å². The zero-order chi connectivity index (χ0) is 21.6. The van der Waals surface area contributed by atoms with Gasteiger partial charge in [0.15, 0.2) is 0 Å². The minimum atomic E-state index is -0.424. The van der Waals surface area contributed by atoms with Gasteiger partial charge in [-0.15, -0.1) is 0 Å². The van der Waals surface area contributed by atoms with Crippen LogP contribution >= 0.6 is 0 Å². The Hall–Kier alpha value is -1.79. The molecule has 30 heavy (non-hydrogen) atoms. The molecular formula is C24H41N3O3. The fraction of sp³-hybridized carbons (Fsp3) is 0.708. The second kappa shape index (κ2) is 14.3. The van der Waals surface area contributed by atoms with E-state index in [4.69, 9.17) is 9.47 Å². The van der Waals surface area contributed by atoms with E-state index in [-0.39, 0.29) is 0 Å². The van der Waals surface area contributed by atoms with Crippen LogP contribution in [0.1, 0.15) is 52.9 Å². The van der Waals surface area contributed by atoms with E-state index in [1.807, 2.05) is 24.3 Å². The van der Waals surface area contributed by atoms with E-state index in [1.54, 1.807) is 0 Å². The van der Waals surface area contributed by atoms with Crippen LogP contribution in [0.2, 0.25) is 0 Å². The van der Waals surface area contributed by atoms with Crippen LogP contribution in [0.5, 0.6) is 5.75 Å². The molecule has 1 aromatic carbocycles. The second-order valence-corrected chi connectivity index (χ2v) is 8.56. The fourth-order valence-corrected chi connectivity index (χ4v) is 3.71. The number of nitrogens with one attached hydrogen (secondary N) is 1. The molecule has 1 aliphatic rings. The first-order chi connectivity index (χ1) is 14.6. The minimum absolute atomic E-state index is 0.399. The van der Waals surface area contributed by atoms with Gasteiger partial charge < -0.3 is 14.4 Å². The molecular weight excluding hydrogens is 378 g/mol. The van der Waals surface area contributed by atoms with Gasteiger partial charge in [-0.1, -0.05) is 58.6 Å². The second-order valence-electron chi connectivity index (χ2n) is 8.56. The number of rotatable bonds is 13.